The van der Waals surface area contributed by atoms with Gasteiger partial charge in [-0.1, -0.05) is 23.7 Å². The Balaban J connectivity index is 1.87. The minimum absolute atomic E-state index is 0.400. The maximum absolute atomic E-state index is 11.5. The summed E-state index contributed by atoms with van der Waals surface area (Å²) in [6.07, 6.45) is 1.79. The molecule has 0 atom stereocenters. The lowest BCUT2D eigenvalue weighted by Gasteiger charge is -2.20. The van der Waals surface area contributed by atoms with Gasteiger partial charge in [0.2, 0.25) is 11.8 Å². The molecule has 1 saturated heterocycles. The Morgan fingerprint density at radius 1 is 1.11 bits per heavy atom. The Kier molecular flexibility index (Phi) is 4.16. The maximum Gasteiger partial charge on any atom is 0.328 e. The van der Waals surface area contributed by atoms with Crippen molar-refractivity contribution in [1.29, 1.82) is 0 Å². The van der Waals surface area contributed by atoms with Crippen molar-refractivity contribution in [2.24, 2.45) is 5.92 Å². The molecule has 4 amide bonds. The van der Waals surface area contributed by atoms with Gasteiger partial charge < -0.3 is 0 Å². The van der Waals surface area contributed by atoms with Crippen LogP contribution in [0.4, 0.5) is 4.79 Å². The van der Waals surface area contributed by atoms with Crippen molar-refractivity contribution in [2.75, 3.05) is 0 Å². The zero-order valence-corrected chi connectivity index (χ0v) is 10.9. The monoisotopic (exact) mass is 280 g/mol. The number of carbonyl (C=O) groups excluding carboxylic acids is 3. The number of amides is 4. The van der Waals surface area contributed by atoms with Crippen LogP contribution in [0.1, 0.15) is 18.4 Å². The SMILES string of the molecule is O=C1NC(=O)C(CCCc2cccc(Cl)c2)C(=O)N1. The molecular weight excluding hydrogens is 268 g/mol. The lowest BCUT2D eigenvalue weighted by molar-refractivity contribution is -0.136. The first-order valence-electron chi connectivity index (χ1n) is 5.96. The van der Waals surface area contributed by atoms with E-state index in [4.69, 9.17) is 11.6 Å². The number of hydrogen-bond acceptors (Lipinski definition) is 3. The van der Waals surface area contributed by atoms with Crippen molar-refractivity contribution in [3.05, 3.63) is 34.9 Å². The first-order valence-corrected chi connectivity index (χ1v) is 6.34. The van der Waals surface area contributed by atoms with Gasteiger partial charge in [0.1, 0.15) is 5.92 Å². The summed E-state index contributed by atoms with van der Waals surface area (Å²) in [5.74, 6) is -1.85. The molecule has 100 valence electrons. The number of barbiturate groups is 1. The van der Waals surface area contributed by atoms with E-state index in [1.165, 1.54) is 0 Å². The number of imide groups is 2. The number of benzene rings is 1. The second-order valence-electron chi connectivity index (χ2n) is 4.38. The summed E-state index contributed by atoms with van der Waals surface area (Å²) < 4.78 is 0. The quantitative estimate of drug-likeness (QED) is 0.824. The minimum Gasteiger partial charge on any atom is -0.277 e. The summed E-state index contributed by atoms with van der Waals surface area (Å²) in [5.41, 5.74) is 1.06. The molecule has 1 aliphatic rings. The molecular formula is C13H13ClN2O3. The summed E-state index contributed by atoms with van der Waals surface area (Å²) in [4.78, 5) is 33.9. The predicted octanol–water partition coefficient (Wildman–Crippen LogP) is 1.64. The van der Waals surface area contributed by atoms with Crippen LogP contribution in [0.5, 0.6) is 0 Å². The second kappa shape index (κ2) is 5.84. The second-order valence-corrected chi connectivity index (χ2v) is 4.82. The third-order valence-corrected chi connectivity index (χ3v) is 3.19. The third-order valence-electron chi connectivity index (χ3n) is 2.95. The van der Waals surface area contributed by atoms with Gasteiger partial charge in [0.15, 0.2) is 0 Å². The van der Waals surface area contributed by atoms with Crippen LogP contribution >= 0.6 is 11.6 Å². The van der Waals surface area contributed by atoms with Gasteiger partial charge in [-0.2, -0.15) is 0 Å². The lowest BCUT2D eigenvalue weighted by atomic mass is 9.97. The summed E-state index contributed by atoms with van der Waals surface area (Å²) in [6, 6.07) is 6.69. The average molecular weight is 281 g/mol. The van der Waals surface area contributed by atoms with Crippen LogP contribution in [0.2, 0.25) is 5.02 Å². The molecule has 1 aliphatic heterocycles. The molecule has 0 bridgehead atoms. The van der Waals surface area contributed by atoms with Gasteiger partial charge in [-0.05, 0) is 37.0 Å². The number of urea groups is 1. The highest BCUT2D eigenvalue weighted by atomic mass is 35.5. The van der Waals surface area contributed by atoms with Crippen molar-refractivity contribution in [2.45, 2.75) is 19.3 Å². The van der Waals surface area contributed by atoms with Crippen LogP contribution in [0.25, 0.3) is 0 Å². The first-order chi connectivity index (χ1) is 9.06. The summed E-state index contributed by atoms with van der Waals surface area (Å²) in [6.45, 7) is 0. The molecule has 0 aliphatic carbocycles. The molecule has 5 nitrogen and oxygen atoms in total. The van der Waals surface area contributed by atoms with E-state index < -0.39 is 23.8 Å². The van der Waals surface area contributed by atoms with Gasteiger partial charge in [-0.3, -0.25) is 20.2 Å². The van der Waals surface area contributed by atoms with E-state index in [0.717, 1.165) is 12.0 Å². The van der Waals surface area contributed by atoms with Crippen molar-refractivity contribution in [1.82, 2.24) is 10.6 Å². The van der Waals surface area contributed by atoms with Crippen molar-refractivity contribution >= 4 is 29.4 Å². The van der Waals surface area contributed by atoms with E-state index in [1.807, 2.05) is 18.2 Å². The van der Waals surface area contributed by atoms with Crippen molar-refractivity contribution in [3.8, 4) is 0 Å². The molecule has 0 saturated carbocycles. The molecule has 6 heteroatoms. The first kappa shape index (κ1) is 13.5. The molecule has 0 radical (unpaired) electrons. The summed E-state index contributed by atoms with van der Waals surface area (Å²) >= 11 is 5.87. The maximum atomic E-state index is 11.5. The van der Waals surface area contributed by atoms with Gasteiger partial charge in [0.25, 0.3) is 0 Å². The Morgan fingerprint density at radius 2 is 1.79 bits per heavy atom. The zero-order valence-electron chi connectivity index (χ0n) is 10.1. The number of aryl methyl sites for hydroxylation is 1. The Bertz CT molecular complexity index is 510. The summed E-state index contributed by atoms with van der Waals surface area (Å²) in [5, 5.41) is 4.84. The molecule has 0 spiro atoms. The highest BCUT2D eigenvalue weighted by molar-refractivity contribution is 6.30. The number of halogens is 1. The molecule has 19 heavy (non-hydrogen) atoms. The lowest BCUT2D eigenvalue weighted by Crippen LogP contribution is -2.55. The van der Waals surface area contributed by atoms with Crippen LogP contribution in [-0.2, 0) is 16.0 Å². The van der Waals surface area contributed by atoms with Gasteiger partial charge in [-0.25, -0.2) is 4.79 Å². The fourth-order valence-corrected chi connectivity index (χ4v) is 2.23. The molecule has 2 rings (SSSR count). The number of carbonyl (C=O) groups is 3. The fourth-order valence-electron chi connectivity index (χ4n) is 2.01. The van der Waals surface area contributed by atoms with E-state index in [2.05, 4.69) is 10.6 Å². The normalized spacial score (nSPS) is 16.2. The van der Waals surface area contributed by atoms with E-state index >= 15 is 0 Å². The number of hydrogen-bond donors (Lipinski definition) is 2. The Hall–Kier alpha value is -1.88. The van der Waals surface area contributed by atoms with E-state index in [-0.39, 0.29) is 0 Å². The van der Waals surface area contributed by atoms with E-state index in [9.17, 15) is 14.4 Å². The van der Waals surface area contributed by atoms with Gasteiger partial charge in [-0.15, -0.1) is 0 Å². The molecule has 1 aromatic carbocycles. The van der Waals surface area contributed by atoms with Crippen LogP contribution in [-0.4, -0.2) is 17.8 Å². The van der Waals surface area contributed by atoms with Gasteiger partial charge in [0, 0.05) is 5.02 Å². The topological polar surface area (TPSA) is 75.3 Å². The molecule has 1 fully saturated rings. The molecule has 1 aromatic rings. The molecule has 0 aromatic heterocycles. The van der Waals surface area contributed by atoms with Gasteiger partial charge >= 0.3 is 6.03 Å². The minimum atomic E-state index is -0.795. The van der Waals surface area contributed by atoms with Crippen LogP contribution in [0, 0.1) is 5.92 Å². The zero-order chi connectivity index (χ0) is 13.8. The van der Waals surface area contributed by atoms with Crippen LogP contribution < -0.4 is 10.6 Å². The van der Waals surface area contributed by atoms with Crippen molar-refractivity contribution < 1.29 is 14.4 Å². The predicted molar refractivity (Wildman–Crippen MR) is 69.6 cm³/mol. The highest BCUT2D eigenvalue weighted by Crippen LogP contribution is 2.16. The van der Waals surface area contributed by atoms with Crippen LogP contribution in [0.3, 0.4) is 0 Å². The van der Waals surface area contributed by atoms with Crippen molar-refractivity contribution in [3.63, 3.8) is 0 Å². The largest absolute Gasteiger partial charge is 0.328 e. The number of rotatable bonds is 4. The molecule has 1 heterocycles. The Labute approximate surface area is 115 Å². The van der Waals surface area contributed by atoms with E-state index in [1.54, 1.807) is 6.07 Å². The highest BCUT2D eigenvalue weighted by Gasteiger charge is 2.33. The smallest absolute Gasteiger partial charge is 0.277 e. The number of nitrogens with one attached hydrogen (secondary N) is 2. The van der Waals surface area contributed by atoms with E-state index in [0.29, 0.717) is 17.9 Å². The fraction of sp³-hybridized carbons (Fsp3) is 0.308. The standard InChI is InChI=1S/C13H13ClN2O3/c14-9-5-1-3-8(7-9)4-2-6-10-11(17)15-13(19)16-12(10)18/h1,3,5,7,10H,2,4,6H2,(H2,15,16,17,18,19). The molecule has 2 N–H and O–H groups in total. The van der Waals surface area contributed by atoms with Crippen LogP contribution in [0.15, 0.2) is 24.3 Å². The summed E-state index contributed by atoms with van der Waals surface area (Å²) in [7, 11) is 0. The van der Waals surface area contributed by atoms with Gasteiger partial charge in [0.05, 0.1) is 0 Å². The Morgan fingerprint density at radius 3 is 2.42 bits per heavy atom. The molecule has 0 unspecified atom stereocenters. The third kappa shape index (κ3) is 3.54. The average Bonchev–Trinajstić information content (AvgIpc) is 2.32.